The minimum atomic E-state index is -3.23. The maximum absolute atomic E-state index is 10.8. The van der Waals surface area contributed by atoms with Gasteiger partial charge in [0.1, 0.15) is 0 Å². The zero-order valence-electron chi connectivity index (χ0n) is 7.33. The van der Waals surface area contributed by atoms with Gasteiger partial charge in [0.05, 0.1) is 6.54 Å². The highest BCUT2D eigenvalue weighted by Crippen LogP contribution is 2.07. The molecule has 0 fully saturated rings. The van der Waals surface area contributed by atoms with Gasteiger partial charge in [0.15, 0.2) is 0 Å². The van der Waals surface area contributed by atoms with Gasteiger partial charge >= 0.3 is 15.0 Å². The molecule has 0 heterocycles. The molecule has 0 spiro atoms. The van der Waals surface area contributed by atoms with Crippen molar-refractivity contribution in [1.29, 1.82) is 0 Å². The first-order valence-corrected chi connectivity index (χ1v) is 4.84. The highest BCUT2D eigenvalue weighted by Gasteiger charge is 2.46. The zero-order chi connectivity index (χ0) is 9.61. The van der Waals surface area contributed by atoms with Gasteiger partial charge in [-0.1, -0.05) is 0 Å². The van der Waals surface area contributed by atoms with Crippen molar-refractivity contribution in [3.05, 3.63) is 0 Å². The Morgan fingerprint density at radius 1 is 1.23 bits per heavy atom. The minimum Gasteiger partial charge on any atom is -0.451 e. The van der Waals surface area contributed by atoms with E-state index in [2.05, 4.69) is 0 Å². The summed E-state index contributed by atoms with van der Waals surface area (Å²) in [7, 11) is 0.778. The molecule has 0 bridgehead atoms. The Labute approximate surface area is 82.8 Å². The summed E-state index contributed by atoms with van der Waals surface area (Å²) in [5.41, 5.74) is 5.02. The standard InChI is InChI=1S/C5H13NO5Si.H4Si/c1-8-12(9-2,10-3)11-5(7)4-6;/h4,6H2,1-3H3;1H4. The van der Waals surface area contributed by atoms with Crippen LogP contribution in [0.1, 0.15) is 0 Å². The molecule has 0 aliphatic rings. The van der Waals surface area contributed by atoms with Crippen LogP contribution in [0.2, 0.25) is 0 Å². The van der Waals surface area contributed by atoms with Crippen LogP contribution >= 0.6 is 0 Å². The number of hydrogen-bond donors (Lipinski definition) is 1. The molecule has 0 saturated carbocycles. The van der Waals surface area contributed by atoms with E-state index in [1.165, 1.54) is 21.3 Å². The first-order valence-electron chi connectivity index (χ1n) is 3.21. The molecule has 0 aromatic heterocycles. The summed E-state index contributed by atoms with van der Waals surface area (Å²) in [5, 5.41) is 0. The van der Waals surface area contributed by atoms with Crippen molar-refractivity contribution >= 4 is 26.0 Å². The predicted molar refractivity (Wildman–Crippen MR) is 53.3 cm³/mol. The third kappa shape index (κ3) is 4.50. The van der Waals surface area contributed by atoms with Crippen LogP contribution in [-0.2, 0) is 22.5 Å². The predicted octanol–water partition coefficient (Wildman–Crippen LogP) is -2.59. The topological polar surface area (TPSA) is 80.0 Å². The monoisotopic (exact) mass is 227 g/mol. The molecule has 0 aromatic rings. The molecule has 0 aliphatic carbocycles. The van der Waals surface area contributed by atoms with Gasteiger partial charge in [-0.15, -0.1) is 0 Å². The lowest BCUT2D eigenvalue weighted by atomic mass is 10.7. The van der Waals surface area contributed by atoms with Crippen LogP contribution in [0, 0.1) is 0 Å². The molecule has 0 rings (SSSR count). The van der Waals surface area contributed by atoms with E-state index in [0.717, 1.165) is 0 Å². The third-order valence-electron chi connectivity index (χ3n) is 1.16. The lowest BCUT2D eigenvalue weighted by Gasteiger charge is -2.21. The molecule has 0 saturated heterocycles. The summed E-state index contributed by atoms with van der Waals surface area (Å²) in [5.74, 6) is -0.618. The van der Waals surface area contributed by atoms with Gasteiger partial charge in [0.25, 0.3) is 0 Å². The summed E-state index contributed by atoms with van der Waals surface area (Å²) >= 11 is 0. The van der Waals surface area contributed by atoms with E-state index >= 15 is 0 Å². The van der Waals surface area contributed by atoms with Crippen molar-refractivity contribution in [3.63, 3.8) is 0 Å². The molecule has 0 atom stereocenters. The summed E-state index contributed by atoms with van der Waals surface area (Å²) in [4.78, 5) is 10.8. The SMILES string of the molecule is CO[Si](OC)(OC)OC(=O)CN.[SiH4]. The number of carbonyl (C=O) groups excluding carboxylic acids is 1. The second-order valence-electron chi connectivity index (χ2n) is 1.79. The van der Waals surface area contributed by atoms with Gasteiger partial charge in [-0.05, 0) is 11.0 Å². The Balaban J connectivity index is 0. The van der Waals surface area contributed by atoms with Crippen LogP contribution in [0.25, 0.3) is 0 Å². The van der Waals surface area contributed by atoms with E-state index < -0.39 is 15.0 Å². The van der Waals surface area contributed by atoms with Gasteiger partial charge in [0.2, 0.25) is 0 Å². The van der Waals surface area contributed by atoms with Crippen LogP contribution in [0.15, 0.2) is 0 Å². The number of rotatable bonds is 5. The van der Waals surface area contributed by atoms with Gasteiger partial charge < -0.3 is 23.4 Å². The van der Waals surface area contributed by atoms with Gasteiger partial charge in [-0.25, -0.2) is 0 Å². The first kappa shape index (κ1) is 15.2. The first-order chi connectivity index (χ1) is 5.64. The quantitative estimate of drug-likeness (QED) is 0.519. The largest absolute Gasteiger partial charge is 0.750 e. The van der Waals surface area contributed by atoms with Crippen molar-refractivity contribution in [2.75, 3.05) is 27.9 Å². The molecule has 8 heteroatoms. The van der Waals surface area contributed by atoms with Crippen molar-refractivity contribution in [2.24, 2.45) is 5.73 Å². The molecule has 0 radical (unpaired) electrons. The van der Waals surface area contributed by atoms with Gasteiger partial charge in [0, 0.05) is 21.3 Å². The van der Waals surface area contributed by atoms with Crippen LogP contribution in [0.5, 0.6) is 0 Å². The van der Waals surface area contributed by atoms with Crippen molar-refractivity contribution in [1.82, 2.24) is 0 Å². The van der Waals surface area contributed by atoms with E-state index in [-0.39, 0.29) is 17.5 Å². The Morgan fingerprint density at radius 2 is 1.62 bits per heavy atom. The highest BCUT2D eigenvalue weighted by atomic mass is 28.4. The minimum absolute atomic E-state index is 0. The average Bonchev–Trinajstić information content (AvgIpc) is 2.14. The fourth-order valence-corrected chi connectivity index (χ4v) is 1.67. The van der Waals surface area contributed by atoms with E-state index in [9.17, 15) is 4.79 Å². The highest BCUT2D eigenvalue weighted by molar-refractivity contribution is 6.55. The molecule has 0 amide bonds. The van der Waals surface area contributed by atoms with E-state index in [1.807, 2.05) is 0 Å². The van der Waals surface area contributed by atoms with Crippen LogP contribution in [0.3, 0.4) is 0 Å². The zero-order valence-corrected chi connectivity index (χ0v) is 8.33. The molecule has 0 aromatic carbocycles. The Morgan fingerprint density at radius 3 is 1.85 bits per heavy atom. The fraction of sp³-hybridized carbons (Fsp3) is 0.800. The lowest BCUT2D eigenvalue weighted by molar-refractivity contribution is -0.141. The Kier molecular flexibility index (Phi) is 8.41. The van der Waals surface area contributed by atoms with Crippen LogP contribution in [0.4, 0.5) is 0 Å². The Hall–Kier alpha value is -0.256. The molecular weight excluding hydrogens is 210 g/mol. The molecular formula is C5H17NO5Si2. The smallest absolute Gasteiger partial charge is 0.451 e. The van der Waals surface area contributed by atoms with Gasteiger partial charge in [-0.2, -0.15) is 0 Å². The van der Waals surface area contributed by atoms with Crippen molar-refractivity contribution in [3.8, 4) is 0 Å². The maximum atomic E-state index is 10.8. The second kappa shape index (κ2) is 7.18. The van der Waals surface area contributed by atoms with Crippen molar-refractivity contribution in [2.45, 2.75) is 0 Å². The number of nitrogens with two attached hydrogens (primary N) is 1. The third-order valence-corrected chi connectivity index (χ3v) is 3.13. The average molecular weight is 227 g/mol. The van der Waals surface area contributed by atoms with E-state index in [1.54, 1.807) is 0 Å². The van der Waals surface area contributed by atoms with Crippen LogP contribution in [-0.4, -0.2) is 53.9 Å². The molecule has 13 heavy (non-hydrogen) atoms. The van der Waals surface area contributed by atoms with Gasteiger partial charge in [-0.3, -0.25) is 4.79 Å². The fourth-order valence-electron chi connectivity index (χ4n) is 0.556. The Bertz CT molecular complexity index is 144. The molecule has 6 nitrogen and oxygen atoms in total. The van der Waals surface area contributed by atoms with Crippen molar-refractivity contribution < 1.29 is 22.5 Å². The lowest BCUT2D eigenvalue weighted by Crippen LogP contribution is -2.49. The number of carbonyl (C=O) groups is 1. The molecule has 80 valence electrons. The summed E-state index contributed by atoms with van der Waals surface area (Å²) in [6.45, 7) is -0.231. The number of hydrogen-bond acceptors (Lipinski definition) is 6. The second-order valence-corrected chi connectivity index (χ2v) is 4.22. The molecule has 0 aliphatic heterocycles. The molecule has 2 N–H and O–H groups in total. The maximum Gasteiger partial charge on any atom is 0.750 e. The summed E-state index contributed by atoms with van der Waals surface area (Å²) in [6, 6.07) is 0. The van der Waals surface area contributed by atoms with E-state index in [0.29, 0.717) is 0 Å². The molecule has 0 unspecified atom stereocenters. The van der Waals surface area contributed by atoms with E-state index in [4.69, 9.17) is 23.4 Å². The normalized spacial score (nSPS) is 10.5. The summed E-state index contributed by atoms with van der Waals surface area (Å²) < 4.78 is 19.2. The summed E-state index contributed by atoms with van der Waals surface area (Å²) in [6.07, 6.45) is 0. The van der Waals surface area contributed by atoms with Crippen LogP contribution < -0.4 is 5.73 Å².